The lowest BCUT2D eigenvalue weighted by atomic mass is 10.2. The Balaban J connectivity index is 1.77. The molecule has 4 nitrogen and oxygen atoms in total. The lowest BCUT2D eigenvalue weighted by Gasteiger charge is -2.09. The summed E-state index contributed by atoms with van der Waals surface area (Å²) in [7, 11) is 1.36. The maximum atomic E-state index is 11.2. The van der Waals surface area contributed by atoms with E-state index in [4.69, 9.17) is 9.47 Å². The highest BCUT2D eigenvalue weighted by Crippen LogP contribution is 2.18. The van der Waals surface area contributed by atoms with E-state index in [9.17, 15) is 4.79 Å². The van der Waals surface area contributed by atoms with Crippen LogP contribution in [0.15, 0.2) is 30.3 Å². The first-order valence-electron chi connectivity index (χ1n) is 5.64. The van der Waals surface area contributed by atoms with Crippen molar-refractivity contribution in [3.05, 3.63) is 35.9 Å². The summed E-state index contributed by atoms with van der Waals surface area (Å²) in [5, 5.41) is 0. The van der Waals surface area contributed by atoms with Gasteiger partial charge in [0.05, 0.1) is 26.4 Å². The molecule has 92 valence electrons. The number of ether oxygens (including phenoxy) is 3. The highest BCUT2D eigenvalue weighted by molar-refractivity contribution is 5.74. The lowest BCUT2D eigenvalue weighted by Crippen LogP contribution is -2.21. The quantitative estimate of drug-likeness (QED) is 0.744. The van der Waals surface area contributed by atoms with Crippen LogP contribution in [0.2, 0.25) is 0 Å². The third-order valence-corrected chi connectivity index (χ3v) is 2.75. The van der Waals surface area contributed by atoms with E-state index < -0.39 is 6.10 Å². The third kappa shape index (κ3) is 3.28. The predicted molar refractivity (Wildman–Crippen MR) is 61.4 cm³/mol. The number of methoxy groups -OCH3 is 1. The van der Waals surface area contributed by atoms with Gasteiger partial charge in [-0.3, -0.25) is 0 Å². The van der Waals surface area contributed by atoms with Gasteiger partial charge in [0.1, 0.15) is 0 Å². The van der Waals surface area contributed by atoms with Crippen LogP contribution >= 0.6 is 0 Å². The van der Waals surface area contributed by atoms with Gasteiger partial charge in [0, 0.05) is 6.42 Å². The molecule has 0 spiro atoms. The normalized spacial score (nSPS) is 23.6. The second kappa shape index (κ2) is 5.80. The molecule has 4 heteroatoms. The Morgan fingerprint density at radius 1 is 1.41 bits per heavy atom. The molecular formula is C13H16O4. The Morgan fingerprint density at radius 3 is 2.88 bits per heavy atom. The molecule has 0 aromatic heterocycles. The van der Waals surface area contributed by atoms with Crippen LogP contribution in [0, 0.1) is 0 Å². The zero-order chi connectivity index (χ0) is 12.1. The number of hydrogen-bond donors (Lipinski definition) is 0. The molecule has 1 aromatic rings. The topological polar surface area (TPSA) is 44.8 Å². The summed E-state index contributed by atoms with van der Waals surface area (Å²) in [6.45, 7) is 0.995. The first kappa shape index (κ1) is 12.1. The van der Waals surface area contributed by atoms with Crippen LogP contribution in [0.3, 0.4) is 0 Å². The van der Waals surface area contributed by atoms with Crippen LogP contribution in [0.4, 0.5) is 0 Å². The first-order valence-corrected chi connectivity index (χ1v) is 5.64. The summed E-state index contributed by atoms with van der Waals surface area (Å²) in [6, 6.07) is 9.93. The zero-order valence-corrected chi connectivity index (χ0v) is 9.80. The molecule has 1 aliphatic rings. The van der Waals surface area contributed by atoms with Crippen LogP contribution in [0.25, 0.3) is 0 Å². The van der Waals surface area contributed by atoms with E-state index in [-0.39, 0.29) is 12.1 Å². The Hall–Kier alpha value is -1.39. The Kier molecular flexibility index (Phi) is 4.12. The molecule has 1 aliphatic heterocycles. The summed E-state index contributed by atoms with van der Waals surface area (Å²) in [5.74, 6) is -0.323. The van der Waals surface area contributed by atoms with E-state index in [1.807, 2.05) is 30.3 Å². The van der Waals surface area contributed by atoms with E-state index >= 15 is 0 Å². The van der Waals surface area contributed by atoms with Crippen molar-refractivity contribution in [2.45, 2.75) is 25.2 Å². The molecular weight excluding hydrogens is 220 g/mol. The average Bonchev–Trinajstić information content (AvgIpc) is 2.85. The second-order valence-corrected chi connectivity index (χ2v) is 4.00. The Bertz CT molecular complexity index is 363. The van der Waals surface area contributed by atoms with Crippen molar-refractivity contribution < 1.29 is 19.0 Å². The van der Waals surface area contributed by atoms with Crippen LogP contribution in [-0.2, 0) is 25.6 Å². The van der Waals surface area contributed by atoms with Gasteiger partial charge in [0.15, 0.2) is 6.10 Å². The molecule has 0 bridgehead atoms. The molecule has 0 amide bonds. The minimum atomic E-state index is -0.472. The van der Waals surface area contributed by atoms with Crippen molar-refractivity contribution in [2.75, 3.05) is 13.7 Å². The van der Waals surface area contributed by atoms with Crippen molar-refractivity contribution in [3.8, 4) is 0 Å². The highest BCUT2D eigenvalue weighted by Gasteiger charge is 2.32. The minimum Gasteiger partial charge on any atom is -0.467 e. The number of hydrogen-bond acceptors (Lipinski definition) is 4. The Labute approximate surface area is 100 Å². The largest absolute Gasteiger partial charge is 0.467 e. The fourth-order valence-electron chi connectivity index (χ4n) is 1.80. The van der Waals surface area contributed by atoms with E-state index in [1.165, 1.54) is 7.11 Å². The summed E-state index contributed by atoms with van der Waals surface area (Å²) in [4.78, 5) is 11.2. The molecule has 0 aliphatic carbocycles. The molecule has 1 saturated heterocycles. The van der Waals surface area contributed by atoms with Gasteiger partial charge in [-0.25, -0.2) is 4.79 Å². The third-order valence-electron chi connectivity index (χ3n) is 2.75. The standard InChI is InChI=1S/C13H16O4/c1-15-13(14)12-7-11(9-17-12)16-8-10-5-3-2-4-6-10/h2-6,11-12H,7-9H2,1H3/t11-,12-/m0/s1. The molecule has 1 fully saturated rings. The van der Waals surface area contributed by atoms with Gasteiger partial charge in [-0.05, 0) is 5.56 Å². The second-order valence-electron chi connectivity index (χ2n) is 4.00. The minimum absolute atomic E-state index is 0.0284. The molecule has 0 N–H and O–H groups in total. The smallest absolute Gasteiger partial charge is 0.335 e. The predicted octanol–water partition coefficient (Wildman–Crippen LogP) is 1.53. The fourth-order valence-corrected chi connectivity index (χ4v) is 1.80. The molecule has 0 radical (unpaired) electrons. The van der Waals surface area contributed by atoms with Gasteiger partial charge < -0.3 is 14.2 Å². The summed E-state index contributed by atoms with van der Waals surface area (Å²) < 4.78 is 15.6. The van der Waals surface area contributed by atoms with Gasteiger partial charge in [-0.15, -0.1) is 0 Å². The van der Waals surface area contributed by atoms with Crippen LogP contribution in [-0.4, -0.2) is 31.9 Å². The summed E-state index contributed by atoms with van der Waals surface area (Å²) in [6.07, 6.45) is 0.0690. The van der Waals surface area contributed by atoms with E-state index in [0.717, 1.165) is 5.56 Å². The van der Waals surface area contributed by atoms with Gasteiger partial charge in [0.25, 0.3) is 0 Å². The Morgan fingerprint density at radius 2 is 2.18 bits per heavy atom. The van der Waals surface area contributed by atoms with E-state index in [0.29, 0.717) is 19.6 Å². The monoisotopic (exact) mass is 236 g/mol. The number of carbonyl (C=O) groups is 1. The van der Waals surface area contributed by atoms with Gasteiger partial charge in [-0.1, -0.05) is 30.3 Å². The van der Waals surface area contributed by atoms with Gasteiger partial charge in [-0.2, -0.15) is 0 Å². The average molecular weight is 236 g/mol. The maximum absolute atomic E-state index is 11.2. The van der Waals surface area contributed by atoms with E-state index in [1.54, 1.807) is 0 Å². The molecule has 2 atom stereocenters. The molecule has 1 aromatic carbocycles. The lowest BCUT2D eigenvalue weighted by molar-refractivity contribution is -0.151. The molecule has 0 unspecified atom stereocenters. The fraction of sp³-hybridized carbons (Fsp3) is 0.462. The number of esters is 1. The van der Waals surface area contributed by atoms with Crippen LogP contribution < -0.4 is 0 Å². The van der Waals surface area contributed by atoms with Crippen molar-refractivity contribution in [3.63, 3.8) is 0 Å². The number of carbonyl (C=O) groups excluding carboxylic acids is 1. The number of benzene rings is 1. The van der Waals surface area contributed by atoms with Crippen molar-refractivity contribution in [1.82, 2.24) is 0 Å². The van der Waals surface area contributed by atoms with Crippen molar-refractivity contribution >= 4 is 5.97 Å². The van der Waals surface area contributed by atoms with E-state index in [2.05, 4.69) is 4.74 Å². The van der Waals surface area contributed by atoms with Crippen molar-refractivity contribution in [1.29, 1.82) is 0 Å². The molecule has 1 heterocycles. The molecule has 2 rings (SSSR count). The maximum Gasteiger partial charge on any atom is 0.335 e. The highest BCUT2D eigenvalue weighted by atomic mass is 16.6. The van der Waals surface area contributed by atoms with Crippen molar-refractivity contribution in [2.24, 2.45) is 0 Å². The summed E-state index contributed by atoms with van der Waals surface area (Å²) >= 11 is 0. The molecule has 17 heavy (non-hydrogen) atoms. The first-order chi connectivity index (χ1) is 8.29. The number of rotatable bonds is 4. The SMILES string of the molecule is COC(=O)[C@@H]1C[C@H](OCc2ccccc2)CO1. The van der Waals surface area contributed by atoms with Crippen LogP contribution in [0.5, 0.6) is 0 Å². The zero-order valence-electron chi connectivity index (χ0n) is 9.80. The van der Waals surface area contributed by atoms with Crippen LogP contribution in [0.1, 0.15) is 12.0 Å². The van der Waals surface area contributed by atoms with Gasteiger partial charge >= 0.3 is 5.97 Å². The van der Waals surface area contributed by atoms with Gasteiger partial charge in [0.2, 0.25) is 0 Å². The molecule has 0 saturated carbocycles. The summed E-state index contributed by atoms with van der Waals surface area (Å²) in [5.41, 5.74) is 1.12.